The Hall–Kier alpha value is -0.120. The number of rotatable bonds is 6. The number of hydrogen-bond donors (Lipinski definition) is 1. The lowest BCUT2D eigenvalue weighted by molar-refractivity contribution is 0.0941. The number of likely N-dealkylation sites (N-methyl/N-ethyl adjacent to an activating group) is 2. The van der Waals surface area contributed by atoms with Crippen molar-refractivity contribution in [1.82, 2.24) is 10.2 Å². The fourth-order valence-corrected chi connectivity index (χ4v) is 1.23. The lowest BCUT2D eigenvalue weighted by atomic mass is 10.2. The number of methoxy groups -OCH3 is 1. The quantitative estimate of drug-likeness (QED) is 0.637. The molecular weight excluding hydrogens is 152 g/mol. The van der Waals surface area contributed by atoms with E-state index < -0.39 is 0 Å². The van der Waals surface area contributed by atoms with Crippen LogP contribution in [0.1, 0.15) is 13.8 Å². The minimum atomic E-state index is 0.485. The van der Waals surface area contributed by atoms with Gasteiger partial charge in [-0.2, -0.15) is 0 Å². The van der Waals surface area contributed by atoms with Crippen molar-refractivity contribution in [3.63, 3.8) is 0 Å². The molecule has 0 aromatic rings. The smallest absolute Gasteiger partial charge is 0.0615 e. The molecule has 0 radical (unpaired) electrons. The second-order valence-corrected chi connectivity index (χ2v) is 3.38. The molecule has 2 atom stereocenters. The van der Waals surface area contributed by atoms with Crippen molar-refractivity contribution < 1.29 is 4.74 Å². The molecule has 3 heteroatoms. The molecule has 0 saturated carbocycles. The van der Waals surface area contributed by atoms with Crippen molar-refractivity contribution >= 4 is 0 Å². The average molecular weight is 174 g/mol. The zero-order valence-electron chi connectivity index (χ0n) is 8.92. The summed E-state index contributed by atoms with van der Waals surface area (Å²) in [6.45, 7) is 6.20. The molecule has 0 saturated heterocycles. The van der Waals surface area contributed by atoms with Gasteiger partial charge in [0, 0.05) is 25.7 Å². The molecule has 0 bridgehead atoms. The standard InChI is InChI=1S/C9H22N2O/c1-8(6-10-3)11(4)9(2)7-12-5/h8-10H,6-7H2,1-5H3. The molecule has 0 aromatic carbocycles. The van der Waals surface area contributed by atoms with Gasteiger partial charge in [-0.15, -0.1) is 0 Å². The Morgan fingerprint density at radius 1 is 1.33 bits per heavy atom. The Labute approximate surface area is 76.1 Å². The van der Waals surface area contributed by atoms with Crippen LogP contribution in [0.2, 0.25) is 0 Å². The van der Waals surface area contributed by atoms with E-state index in [1.165, 1.54) is 0 Å². The van der Waals surface area contributed by atoms with E-state index in [9.17, 15) is 0 Å². The van der Waals surface area contributed by atoms with Crippen molar-refractivity contribution in [2.75, 3.05) is 34.4 Å². The molecular formula is C9H22N2O. The maximum Gasteiger partial charge on any atom is 0.0615 e. The van der Waals surface area contributed by atoms with E-state index in [0.717, 1.165) is 13.2 Å². The van der Waals surface area contributed by atoms with Crippen LogP contribution in [0.25, 0.3) is 0 Å². The molecule has 0 aliphatic heterocycles. The second kappa shape index (κ2) is 6.40. The van der Waals surface area contributed by atoms with Crippen molar-refractivity contribution in [1.29, 1.82) is 0 Å². The molecule has 1 N–H and O–H groups in total. The summed E-state index contributed by atoms with van der Waals surface area (Å²) in [4.78, 5) is 2.32. The van der Waals surface area contributed by atoms with E-state index in [1.54, 1.807) is 7.11 Å². The monoisotopic (exact) mass is 174 g/mol. The molecule has 0 rings (SSSR count). The van der Waals surface area contributed by atoms with Crippen LogP contribution in [-0.4, -0.2) is 51.3 Å². The number of hydrogen-bond acceptors (Lipinski definition) is 3. The van der Waals surface area contributed by atoms with E-state index >= 15 is 0 Å². The fourth-order valence-electron chi connectivity index (χ4n) is 1.23. The lowest BCUT2D eigenvalue weighted by Crippen LogP contribution is -2.43. The summed E-state index contributed by atoms with van der Waals surface area (Å²) in [5, 5.41) is 3.16. The molecule has 0 heterocycles. The molecule has 12 heavy (non-hydrogen) atoms. The van der Waals surface area contributed by atoms with Gasteiger partial charge >= 0.3 is 0 Å². The number of nitrogens with one attached hydrogen (secondary N) is 1. The Kier molecular flexibility index (Phi) is 6.34. The van der Waals surface area contributed by atoms with Gasteiger partial charge in [-0.1, -0.05) is 0 Å². The maximum absolute atomic E-state index is 5.09. The summed E-state index contributed by atoms with van der Waals surface area (Å²) >= 11 is 0. The Morgan fingerprint density at radius 2 is 1.92 bits per heavy atom. The van der Waals surface area contributed by atoms with E-state index in [0.29, 0.717) is 12.1 Å². The van der Waals surface area contributed by atoms with Gasteiger partial charge < -0.3 is 10.1 Å². The van der Waals surface area contributed by atoms with Gasteiger partial charge in [0.1, 0.15) is 0 Å². The Bertz CT molecular complexity index is 96.7. The van der Waals surface area contributed by atoms with Gasteiger partial charge in [0.2, 0.25) is 0 Å². The largest absolute Gasteiger partial charge is 0.383 e. The van der Waals surface area contributed by atoms with Gasteiger partial charge in [0.05, 0.1) is 6.61 Å². The van der Waals surface area contributed by atoms with Crippen LogP contribution in [0.3, 0.4) is 0 Å². The molecule has 0 aliphatic carbocycles. The predicted octanol–water partition coefficient (Wildman–Crippen LogP) is 0.561. The maximum atomic E-state index is 5.09. The second-order valence-electron chi connectivity index (χ2n) is 3.38. The summed E-state index contributed by atoms with van der Waals surface area (Å²) < 4.78 is 5.09. The SMILES string of the molecule is CNCC(C)N(C)C(C)COC. The first-order chi connectivity index (χ1) is 5.63. The highest BCUT2D eigenvalue weighted by Crippen LogP contribution is 2.01. The van der Waals surface area contributed by atoms with Crippen molar-refractivity contribution in [3.8, 4) is 0 Å². The minimum Gasteiger partial charge on any atom is -0.383 e. The lowest BCUT2D eigenvalue weighted by Gasteiger charge is -2.30. The summed E-state index contributed by atoms with van der Waals surface area (Å²) in [6, 6.07) is 1.04. The molecule has 0 spiro atoms. The first kappa shape index (κ1) is 11.9. The van der Waals surface area contributed by atoms with Gasteiger partial charge in [0.25, 0.3) is 0 Å². The van der Waals surface area contributed by atoms with Crippen LogP contribution in [0.5, 0.6) is 0 Å². The normalized spacial score (nSPS) is 16.5. The van der Waals surface area contributed by atoms with Crippen LogP contribution >= 0.6 is 0 Å². The third kappa shape index (κ3) is 4.04. The first-order valence-corrected chi connectivity index (χ1v) is 4.49. The van der Waals surface area contributed by atoms with E-state index in [4.69, 9.17) is 4.74 Å². The summed E-state index contributed by atoms with van der Waals surface area (Å²) in [7, 11) is 5.85. The third-order valence-corrected chi connectivity index (χ3v) is 2.30. The molecule has 0 aliphatic rings. The third-order valence-electron chi connectivity index (χ3n) is 2.30. The van der Waals surface area contributed by atoms with E-state index in [-0.39, 0.29) is 0 Å². The van der Waals surface area contributed by atoms with Crippen LogP contribution in [0, 0.1) is 0 Å². The number of ether oxygens (including phenoxy) is 1. The van der Waals surface area contributed by atoms with Crippen molar-refractivity contribution in [2.45, 2.75) is 25.9 Å². The van der Waals surface area contributed by atoms with Gasteiger partial charge in [0.15, 0.2) is 0 Å². The van der Waals surface area contributed by atoms with Crippen molar-refractivity contribution in [2.24, 2.45) is 0 Å². The van der Waals surface area contributed by atoms with E-state index in [2.05, 4.69) is 31.1 Å². The topological polar surface area (TPSA) is 24.5 Å². The van der Waals surface area contributed by atoms with Gasteiger partial charge in [-0.25, -0.2) is 0 Å². The zero-order valence-corrected chi connectivity index (χ0v) is 8.92. The molecule has 0 amide bonds. The molecule has 3 nitrogen and oxygen atoms in total. The zero-order chi connectivity index (χ0) is 9.56. The molecule has 0 fully saturated rings. The van der Waals surface area contributed by atoms with Crippen LogP contribution < -0.4 is 5.32 Å². The van der Waals surface area contributed by atoms with Crippen LogP contribution in [-0.2, 0) is 4.74 Å². The Balaban J connectivity index is 3.73. The number of nitrogens with zero attached hydrogens (tertiary/aromatic N) is 1. The van der Waals surface area contributed by atoms with E-state index in [1.807, 2.05) is 7.05 Å². The Morgan fingerprint density at radius 3 is 2.33 bits per heavy atom. The summed E-state index contributed by atoms with van der Waals surface area (Å²) in [6.07, 6.45) is 0. The highest BCUT2D eigenvalue weighted by atomic mass is 16.5. The summed E-state index contributed by atoms with van der Waals surface area (Å²) in [5.74, 6) is 0. The van der Waals surface area contributed by atoms with Crippen molar-refractivity contribution in [3.05, 3.63) is 0 Å². The molecule has 2 unspecified atom stereocenters. The highest BCUT2D eigenvalue weighted by Gasteiger charge is 2.14. The highest BCUT2D eigenvalue weighted by molar-refractivity contribution is 4.70. The molecule has 0 aromatic heterocycles. The average Bonchev–Trinajstić information content (AvgIpc) is 2.04. The molecule has 74 valence electrons. The fraction of sp³-hybridized carbons (Fsp3) is 1.00. The van der Waals surface area contributed by atoms with Gasteiger partial charge in [-0.3, -0.25) is 4.90 Å². The first-order valence-electron chi connectivity index (χ1n) is 4.49. The van der Waals surface area contributed by atoms with Gasteiger partial charge in [-0.05, 0) is 27.9 Å². The van der Waals surface area contributed by atoms with Crippen LogP contribution in [0.4, 0.5) is 0 Å². The minimum absolute atomic E-state index is 0.485. The summed E-state index contributed by atoms with van der Waals surface area (Å²) in [5.41, 5.74) is 0. The predicted molar refractivity (Wildman–Crippen MR) is 52.5 cm³/mol. The van der Waals surface area contributed by atoms with Crippen LogP contribution in [0.15, 0.2) is 0 Å².